The van der Waals surface area contributed by atoms with E-state index in [2.05, 4.69) is 34.6 Å². The van der Waals surface area contributed by atoms with Gasteiger partial charge in [-0.3, -0.25) is 0 Å². The lowest BCUT2D eigenvalue weighted by molar-refractivity contribution is -0.315. The molecule has 4 aliphatic rings. The third-order valence-electron chi connectivity index (χ3n) is 11.6. The molecule has 0 spiro atoms. The molecule has 13 heteroatoms. The molecule has 6 rings (SSSR count). The molecule has 2 aromatic rings. The van der Waals surface area contributed by atoms with Crippen LogP contribution < -0.4 is 9.47 Å². The van der Waals surface area contributed by atoms with Crippen molar-refractivity contribution in [2.75, 3.05) is 27.4 Å². The number of benzene rings is 2. The summed E-state index contributed by atoms with van der Waals surface area (Å²) in [6, 6.07) is 15.4. The van der Waals surface area contributed by atoms with Crippen LogP contribution in [0.2, 0.25) is 0 Å². The van der Waals surface area contributed by atoms with Crippen LogP contribution in [0.3, 0.4) is 0 Å². The predicted molar refractivity (Wildman–Crippen MR) is 216 cm³/mol. The molecular weight excluding hydrogens is 748 g/mol. The van der Waals surface area contributed by atoms with Crippen LogP contribution in [0.25, 0.3) is 0 Å². The maximum atomic E-state index is 10.5. The van der Waals surface area contributed by atoms with Crippen molar-refractivity contribution in [3.8, 4) is 11.5 Å². The number of hydrogen-bond acceptors (Lipinski definition) is 13. The molecule has 328 valence electrons. The van der Waals surface area contributed by atoms with Crippen LogP contribution in [0.15, 0.2) is 48.5 Å². The van der Waals surface area contributed by atoms with Gasteiger partial charge in [-0.1, -0.05) is 45.0 Å². The maximum absolute atomic E-state index is 10.5. The van der Waals surface area contributed by atoms with Crippen LogP contribution in [0.4, 0.5) is 0 Å². The van der Waals surface area contributed by atoms with Gasteiger partial charge in [0, 0.05) is 18.8 Å². The van der Waals surface area contributed by atoms with E-state index in [1.807, 2.05) is 62.4 Å². The first kappa shape index (κ1) is 46.7. The lowest BCUT2D eigenvalue weighted by Gasteiger charge is -2.50. The third kappa shape index (κ3) is 12.8. The summed E-state index contributed by atoms with van der Waals surface area (Å²) in [6.07, 6.45) is -2.35. The zero-order valence-electron chi connectivity index (χ0n) is 35.9. The minimum Gasteiger partial charge on any atom is -0.497 e. The van der Waals surface area contributed by atoms with Crippen LogP contribution in [0.1, 0.15) is 85.3 Å². The number of ether oxygens (including phenoxy) is 10. The second-order valence-electron chi connectivity index (χ2n) is 16.8. The Hall–Kier alpha value is -2.40. The summed E-state index contributed by atoms with van der Waals surface area (Å²) in [6.45, 7) is 16.3. The van der Waals surface area contributed by atoms with Crippen molar-refractivity contribution >= 4 is 0 Å². The highest BCUT2D eigenvalue weighted by Crippen LogP contribution is 2.41. The number of fused-ring (bicyclic) bond motifs is 2. The summed E-state index contributed by atoms with van der Waals surface area (Å²) in [5.74, 6) is 2.80. The molecule has 4 aliphatic heterocycles. The van der Waals surface area contributed by atoms with Crippen LogP contribution in [0, 0.1) is 17.8 Å². The minimum absolute atomic E-state index is 0.000506. The summed E-state index contributed by atoms with van der Waals surface area (Å²) in [5.41, 5.74) is 2.08. The Labute approximate surface area is 345 Å². The van der Waals surface area contributed by atoms with Gasteiger partial charge in [0.2, 0.25) is 0 Å². The van der Waals surface area contributed by atoms with Gasteiger partial charge < -0.3 is 62.7 Å². The highest BCUT2D eigenvalue weighted by Gasteiger charge is 2.50. The first-order chi connectivity index (χ1) is 27.8. The Morgan fingerprint density at radius 2 is 1.05 bits per heavy atom. The molecule has 0 saturated carbocycles. The second-order valence-corrected chi connectivity index (χ2v) is 16.8. The average Bonchev–Trinajstić information content (AvgIpc) is 3.21. The fourth-order valence-corrected chi connectivity index (χ4v) is 8.31. The van der Waals surface area contributed by atoms with Crippen molar-refractivity contribution in [2.24, 2.45) is 17.8 Å². The summed E-state index contributed by atoms with van der Waals surface area (Å²) in [5, 5.41) is 31.5. The maximum Gasteiger partial charge on any atom is 0.158 e. The van der Waals surface area contributed by atoms with Gasteiger partial charge in [-0.05, 0) is 87.8 Å². The molecule has 0 amide bonds. The smallest absolute Gasteiger partial charge is 0.158 e. The van der Waals surface area contributed by atoms with E-state index in [1.165, 1.54) is 0 Å². The van der Waals surface area contributed by atoms with Gasteiger partial charge >= 0.3 is 0 Å². The monoisotopic (exact) mass is 818 g/mol. The van der Waals surface area contributed by atoms with Crippen molar-refractivity contribution in [2.45, 2.75) is 167 Å². The van der Waals surface area contributed by atoms with Gasteiger partial charge in [0.25, 0.3) is 0 Å². The zero-order valence-corrected chi connectivity index (χ0v) is 35.9. The summed E-state index contributed by atoms with van der Waals surface area (Å²) in [4.78, 5) is 0. The molecule has 13 nitrogen and oxygen atoms in total. The van der Waals surface area contributed by atoms with E-state index in [9.17, 15) is 15.3 Å². The molecule has 0 unspecified atom stereocenters. The quantitative estimate of drug-likeness (QED) is 0.187. The molecule has 4 saturated heterocycles. The van der Waals surface area contributed by atoms with E-state index in [1.54, 1.807) is 14.2 Å². The highest BCUT2D eigenvalue weighted by molar-refractivity contribution is 5.27. The largest absolute Gasteiger partial charge is 0.497 e. The first-order valence-electron chi connectivity index (χ1n) is 21.2. The molecule has 4 heterocycles. The normalized spacial score (nSPS) is 33.3. The summed E-state index contributed by atoms with van der Waals surface area (Å²) < 4.78 is 58.0. The zero-order chi connectivity index (χ0) is 41.9. The van der Waals surface area contributed by atoms with Crippen LogP contribution >= 0.6 is 0 Å². The topological polar surface area (TPSA) is 153 Å². The molecule has 4 fully saturated rings. The van der Waals surface area contributed by atoms with E-state index in [0.717, 1.165) is 35.5 Å². The third-order valence-corrected chi connectivity index (χ3v) is 11.6. The van der Waals surface area contributed by atoms with Crippen molar-refractivity contribution in [1.29, 1.82) is 0 Å². The van der Waals surface area contributed by atoms with Crippen molar-refractivity contribution in [3.05, 3.63) is 59.7 Å². The first-order valence-corrected chi connectivity index (χ1v) is 21.2. The Balaban J connectivity index is 0.000000221. The number of methoxy groups -OCH3 is 2. The van der Waals surface area contributed by atoms with E-state index >= 15 is 0 Å². The van der Waals surface area contributed by atoms with Crippen LogP contribution in [0.5, 0.6) is 11.5 Å². The fraction of sp³-hybridized carbons (Fsp3) is 0.733. The Bertz CT molecular complexity index is 1340. The molecular formula is C45H70O13. The van der Waals surface area contributed by atoms with Crippen molar-refractivity contribution in [1.82, 2.24) is 0 Å². The molecule has 0 aromatic heterocycles. The molecule has 0 aliphatic carbocycles. The predicted octanol–water partition coefficient (Wildman–Crippen LogP) is 5.81. The van der Waals surface area contributed by atoms with Gasteiger partial charge in [-0.25, -0.2) is 0 Å². The lowest BCUT2D eigenvalue weighted by Crippen LogP contribution is -2.64. The fourth-order valence-electron chi connectivity index (χ4n) is 8.31. The summed E-state index contributed by atoms with van der Waals surface area (Å²) in [7, 11) is 3.28. The van der Waals surface area contributed by atoms with Gasteiger partial charge in [0.1, 0.15) is 42.0 Å². The standard InChI is InChI=1S/C24H38O5.C21H32O8/c1-15(2)27-22-12-11-21-24(29-22)18(5)17(4)23(28-21)16(3)13-26-14-19-7-9-20(25-6)10-8-19;1-12(2)27-17-9-8-16-21(29-17)19(24)18(23)20(28-16)15(22)11-26-10-13-4-6-14(25-3)7-5-13/h7-10,15-18,21-24H,11-14H2,1-6H3;4-7,12,15-24H,8-11H2,1-3H3/t16-,17-,18+,21-,22-,23-,24+;15-,16-,17-,18-,19+,20-,21-/m00/s1. The van der Waals surface area contributed by atoms with Gasteiger partial charge in [0.05, 0.1) is 77.3 Å². The van der Waals surface area contributed by atoms with Gasteiger partial charge in [-0.2, -0.15) is 0 Å². The van der Waals surface area contributed by atoms with Crippen LogP contribution in [-0.2, 0) is 51.1 Å². The summed E-state index contributed by atoms with van der Waals surface area (Å²) >= 11 is 0. The second kappa shape index (κ2) is 22.4. The average molecular weight is 819 g/mol. The van der Waals surface area contributed by atoms with E-state index in [-0.39, 0.29) is 43.4 Å². The Morgan fingerprint density at radius 1 is 0.586 bits per heavy atom. The van der Waals surface area contributed by atoms with Crippen LogP contribution in [-0.4, -0.2) is 122 Å². The Kier molecular flexibility index (Phi) is 18.1. The molecule has 3 N–H and O–H groups in total. The number of hydrogen-bond donors (Lipinski definition) is 3. The molecule has 0 bridgehead atoms. The van der Waals surface area contributed by atoms with E-state index in [0.29, 0.717) is 50.4 Å². The van der Waals surface area contributed by atoms with Crippen molar-refractivity contribution < 1.29 is 62.7 Å². The SMILES string of the molecule is COc1ccc(COC[C@H](C)[C@@H]2O[C@H]3CC[C@@H](OC(C)C)O[C@@H]3[C@H](C)[C@@H]2C)cc1.COc1ccc(COC[C@H](O)[C@@H]2O[C@H]3CC[C@@H](OC(C)C)O[C@@H]3[C@H](O)[C@@H]2O)cc1. The number of aliphatic hydroxyl groups is 3. The van der Waals surface area contributed by atoms with E-state index in [4.69, 9.17) is 47.4 Å². The van der Waals surface area contributed by atoms with Crippen molar-refractivity contribution in [3.63, 3.8) is 0 Å². The number of aliphatic hydroxyl groups excluding tert-OH is 3. The molecule has 58 heavy (non-hydrogen) atoms. The highest BCUT2D eigenvalue weighted by atomic mass is 16.7. The molecule has 2 aromatic carbocycles. The minimum atomic E-state index is -1.28. The Morgan fingerprint density at radius 3 is 1.55 bits per heavy atom. The van der Waals surface area contributed by atoms with E-state index < -0.39 is 42.9 Å². The number of rotatable bonds is 16. The molecule has 14 atom stereocenters. The molecule has 0 radical (unpaired) electrons. The lowest BCUT2D eigenvalue weighted by atomic mass is 9.76. The van der Waals surface area contributed by atoms with Gasteiger partial charge in [0.15, 0.2) is 12.6 Å². The van der Waals surface area contributed by atoms with Gasteiger partial charge in [-0.15, -0.1) is 0 Å².